The van der Waals surface area contributed by atoms with Crippen molar-refractivity contribution in [2.45, 2.75) is 57.9 Å². The molecule has 1 amide bonds. The molecule has 2 heterocycles. The Hall–Kier alpha value is -2.45. The number of nitrogens with zero attached hydrogens (tertiary/aromatic N) is 5. The second-order valence-corrected chi connectivity index (χ2v) is 8.76. The summed E-state index contributed by atoms with van der Waals surface area (Å²) in [5, 5.41) is 12.7. The van der Waals surface area contributed by atoms with Crippen LogP contribution in [0.5, 0.6) is 0 Å². The molecule has 0 aliphatic heterocycles. The van der Waals surface area contributed by atoms with E-state index in [1.807, 2.05) is 45.0 Å². The van der Waals surface area contributed by atoms with Gasteiger partial charge in [-0.3, -0.25) is 4.79 Å². The lowest BCUT2D eigenvalue weighted by Gasteiger charge is -2.10. The largest absolute Gasteiger partial charge is 0.351 e. The fraction of sp³-hybridized carbons (Fsp3) is 0.409. The zero-order chi connectivity index (χ0) is 22.4. The summed E-state index contributed by atoms with van der Waals surface area (Å²) in [5.74, 6) is 0.219. The number of nitrogens with one attached hydrogen (secondary N) is 1. The van der Waals surface area contributed by atoms with Crippen LogP contribution in [0.15, 0.2) is 29.4 Å². The van der Waals surface area contributed by atoms with Gasteiger partial charge in [0.15, 0.2) is 10.9 Å². The number of amides is 1. The topological polar surface area (TPSA) is 85.6 Å². The molecule has 164 valence electrons. The van der Waals surface area contributed by atoms with Gasteiger partial charge in [0, 0.05) is 28.7 Å². The first kappa shape index (κ1) is 23.2. The Morgan fingerprint density at radius 2 is 1.87 bits per heavy atom. The smallest absolute Gasteiger partial charge is 0.273 e. The van der Waals surface area contributed by atoms with Crippen LogP contribution >= 0.6 is 23.4 Å². The van der Waals surface area contributed by atoms with Crippen molar-refractivity contribution >= 4 is 29.3 Å². The van der Waals surface area contributed by atoms with E-state index < -0.39 is 0 Å². The number of hydrogen-bond donors (Lipinski definition) is 1. The highest BCUT2D eigenvalue weighted by molar-refractivity contribution is 7.98. The van der Waals surface area contributed by atoms with Crippen molar-refractivity contribution in [2.24, 2.45) is 0 Å². The molecule has 0 radical (unpaired) electrons. The van der Waals surface area contributed by atoms with Crippen molar-refractivity contribution in [2.75, 3.05) is 6.54 Å². The summed E-state index contributed by atoms with van der Waals surface area (Å²) in [6.45, 7) is 8.56. The van der Waals surface area contributed by atoms with Crippen molar-refractivity contribution < 1.29 is 4.79 Å². The molecule has 0 saturated carbocycles. The van der Waals surface area contributed by atoms with E-state index >= 15 is 0 Å². The molecule has 0 aliphatic carbocycles. The van der Waals surface area contributed by atoms with E-state index in [1.54, 1.807) is 4.68 Å². The molecule has 1 N–H and O–H groups in total. The van der Waals surface area contributed by atoms with Crippen molar-refractivity contribution in [3.05, 3.63) is 57.6 Å². The zero-order valence-corrected chi connectivity index (χ0v) is 19.8. The number of unbranched alkanes of at least 4 members (excludes halogenated alkanes) is 2. The van der Waals surface area contributed by atoms with Crippen LogP contribution in [0.4, 0.5) is 0 Å². The molecule has 0 aliphatic rings. The van der Waals surface area contributed by atoms with Gasteiger partial charge in [0.05, 0.1) is 11.4 Å². The van der Waals surface area contributed by atoms with Crippen LogP contribution in [0.25, 0.3) is 5.69 Å². The van der Waals surface area contributed by atoms with Gasteiger partial charge in [-0.05, 0) is 51.0 Å². The Morgan fingerprint density at radius 1 is 1.13 bits per heavy atom. The van der Waals surface area contributed by atoms with Gasteiger partial charge in [0.25, 0.3) is 5.91 Å². The minimum Gasteiger partial charge on any atom is -0.351 e. The summed E-state index contributed by atoms with van der Waals surface area (Å²) in [6.07, 6.45) is 3.10. The molecule has 0 saturated heterocycles. The van der Waals surface area contributed by atoms with Crippen molar-refractivity contribution in [1.82, 2.24) is 30.3 Å². The Morgan fingerprint density at radius 3 is 2.55 bits per heavy atom. The van der Waals surface area contributed by atoms with E-state index in [0.29, 0.717) is 33.9 Å². The summed E-state index contributed by atoms with van der Waals surface area (Å²) in [5.41, 5.74) is 4.52. The number of carbonyl (C=O) groups is 1. The number of benzene rings is 1. The molecule has 0 bridgehead atoms. The Kier molecular flexibility index (Phi) is 8.03. The molecule has 3 rings (SSSR count). The normalized spacial score (nSPS) is 11.0. The van der Waals surface area contributed by atoms with Gasteiger partial charge in [0.1, 0.15) is 0 Å². The molecule has 0 fully saturated rings. The van der Waals surface area contributed by atoms with Crippen LogP contribution in [0, 0.1) is 20.8 Å². The average molecular weight is 459 g/mol. The van der Waals surface area contributed by atoms with Gasteiger partial charge in [-0.15, -0.1) is 5.10 Å². The van der Waals surface area contributed by atoms with E-state index in [2.05, 4.69) is 32.5 Å². The molecule has 1 aromatic carbocycles. The third-order valence-corrected chi connectivity index (χ3v) is 6.01. The molecule has 0 atom stereocenters. The first-order valence-electron chi connectivity index (χ1n) is 10.3. The fourth-order valence-electron chi connectivity index (χ4n) is 3.08. The number of thioether (sulfide) groups is 1. The van der Waals surface area contributed by atoms with Crippen LogP contribution in [0.1, 0.15) is 59.3 Å². The van der Waals surface area contributed by atoms with Gasteiger partial charge in [-0.25, -0.2) is 14.6 Å². The lowest BCUT2D eigenvalue weighted by atomic mass is 10.2. The summed E-state index contributed by atoms with van der Waals surface area (Å²) in [4.78, 5) is 21.8. The maximum atomic E-state index is 12.8. The van der Waals surface area contributed by atoms with E-state index in [-0.39, 0.29) is 5.91 Å². The van der Waals surface area contributed by atoms with Crippen LogP contribution < -0.4 is 5.32 Å². The molecular weight excluding hydrogens is 432 g/mol. The van der Waals surface area contributed by atoms with E-state index in [4.69, 9.17) is 11.6 Å². The van der Waals surface area contributed by atoms with Gasteiger partial charge in [0.2, 0.25) is 0 Å². The number of carbonyl (C=O) groups excluding carboxylic acids is 1. The predicted octanol–water partition coefficient (Wildman–Crippen LogP) is 4.85. The number of aromatic nitrogens is 5. The molecule has 2 aromatic heterocycles. The Bertz CT molecular complexity index is 1050. The Labute approximate surface area is 192 Å². The van der Waals surface area contributed by atoms with Crippen molar-refractivity contribution in [1.29, 1.82) is 0 Å². The van der Waals surface area contributed by atoms with Gasteiger partial charge in [-0.1, -0.05) is 54.4 Å². The third-order valence-electron chi connectivity index (χ3n) is 4.74. The number of aryl methyl sites for hydroxylation is 3. The van der Waals surface area contributed by atoms with Gasteiger partial charge < -0.3 is 5.32 Å². The minimum absolute atomic E-state index is 0.225. The summed E-state index contributed by atoms with van der Waals surface area (Å²) in [7, 11) is 0. The standard InChI is InChI=1S/C22H27ClN6OS/c1-5-6-7-10-24-21(30)20-19(13-31-22-25-15(3)11-16(4)26-22)29(28-27-20)17-9-8-14(2)18(23)12-17/h8-9,11-12H,5-7,10,13H2,1-4H3,(H,24,30). The quantitative estimate of drug-likeness (QED) is 0.280. The fourth-order valence-corrected chi connectivity index (χ4v) is 4.20. The SMILES string of the molecule is CCCCCNC(=O)c1nnn(-c2ccc(C)c(Cl)c2)c1CSc1nc(C)cc(C)n1. The van der Waals surface area contributed by atoms with Crippen LogP contribution in [0.2, 0.25) is 5.02 Å². The van der Waals surface area contributed by atoms with Crippen LogP contribution in [0.3, 0.4) is 0 Å². The highest BCUT2D eigenvalue weighted by Gasteiger charge is 2.21. The summed E-state index contributed by atoms with van der Waals surface area (Å²) >= 11 is 7.78. The number of hydrogen-bond acceptors (Lipinski definition) is 6. The van der Waals surface area contributed by atoms with Crippen molar-refractivity contribution in [3.63, 3.8) is 0 Å². The first-order chi connectivity index (χ1) is 14.9. The molecule has 9 heteroatoms. The van der Waals surface area contributed by atoms with Crippen molar-refractivity contribution in [3.8, 4) is 5.69 Å². The van der Waals surface area contributed by atoms with E-state index in [0.717, 1.165) is 41.9 Å². The summed E-state index contributed by atoms with van der Waals surface area (Å²) in [6, 6.07) is 7.60. The lowest BCUT2D eigenvalue weighted by Crippen LogP contribution is -2.26. The Balaban J connectivity index is 1.90. The first-order valence-corrected chi connectivity index (χ1v) is 11.7. The second-order valence-electron chi connectivity index (χ2n) is 7.41. The van der Waals surface area contributed by atoms with Crippen LogP contribution in [-0.4, -0.2) is 37.4 Å². The van der Waals surface area contributed by atoms with Gasteiger partial charge in [-0.2, -0.15) is 0 Å². The van der Waals surface area contributed by atoms with Crippen LogP contribution in [-0.2, 0) is 5.75 Å². The summed E-state index contributed by atoms with van der Waals surface area (Å²) < 4.78 is 1.67. The predicted molar refractivity (Wildman–Crippen MR) is 124 cm³/mol. The van der Waals surface area contributed by atoms with E-state index in [9.17, 15) is 4.79 Å². The number of rotatable bonds is 9. The molecule has 0 spiro atoms. The second kappa shape index (κ2) is 10.7. The molecular formula is C22H27ClN6OS. The lowest BCUT2D eigenvalue weighted by molar-refractivity contribution is 0.0947. The highest BCUT2D eigenvalue weighted by atomic mass is 35.5. The zero-order valence-electron chi connectivity index (χ0n) is 18.3. The van der Waals surface area contributed by atoms with E-state index in [1.165, 1.54) is 11.8 Å². The maximum absolute atomic E-state index is 12.8. The molecule has 7 nitrogen and oxygen atoms in total. The average Bonchev–Trinajstić information content (AvgIpc) is 3.15. The molecule has 3 aromatic rings. The highest BCUT2D eigenvalue weighted by Crippen LogP contribution is 2.25. The molecule has 0 unspecified atom stereocenters. The monoisotopic (exact) mass is 458 g/mol. The number of halogens is 1. The maximum Gasteiger partial charge on any atom is 0.273 e. The third kappa shape index (κ3) is 6.04. The minimum atomic E-state index is -0.225. The van der Waals surface area contributed by atoms with Gasteiger partial charge >= 0.3 is 0 Å². The molecule has 31 heavy (non-hydrogen) atoms.